The van der Waals surface area contributed by atoms with Crippen LogP contribution in [0.15, 0.2) is 39.9 Å². The first kappa shape index (κ1) is 13.1. The normalized spacial score (nSPS) is 11.5. The van der Waals surface area contributed by atoms with Crippen LogP contribution >= 0.6 is 0 Å². The Morgan fingerprint density at radius 3 is 2.21 bits per heavy atom. The summed E-state index contributed by atoms with van der Waals surface area (Å²) in [5.41, 5.74) is -3.46. The molecule has 0 unspecified atom stereocenters. The molecule has 0 bridgehead atoms. The highest BCUT2D eigenvalue weighted by Gasteiger charge is 2.36. The average Bonchev–Trinajstić information content (AvgIpc) is 2.32. The summed E-state index contributed by atoms with van der Waals surface area (Å²) in [5, 5.41) is 0. The molecular weight excluding hydrogens is 261 g/mol. The average molecular weight is 270 g/mol. The summed E-state index contributed by atoms with van der Waals surface area (Å²) in [6.07, 6.45) is -4.99. The first-order valence-electron chi connectivity index (χ1n) is 5.34. The van der Waals surface area contributed by atoms with Crippen molar-refractivity contribution in [3.05, 3.63) is 68.0 Å². The second-order valence-electron chi connectivity index (χ2n) is 3.92. The lowest BCUT2D eigenvalue weighted by Gasteiger charge is -2.11. The van der Waals surface area contributed by atoms with Gasteiger partial charge >= 0.3 is 11.9 Å². The fraction of sp³-hybridized carbons (Fsp3) is 0.167. The number of aromatic amines is 2. The molecule has 0 aliphatic rings. The topological polar surface area (TPSA) is 65.7 Å². The summed E-state index contributed by atoms with van der Waals surface area (Å²) in [6.45, 7) is 0. The van der Waals surface area contributed by atoms with Crippen molar-refractivity contribution in [1.29, 1.82) is 0 Å². The van der Waals surface area contributed by atoms with Gasteiger partial charge in [0.25, 0.3) is 5.56 Å². The van der Waals surface area contributed by atoms with E-state index < -0.39 is 28.7 Å². The summed E-state index contributed by atoms with van der Waals surface area (Å²) in [6, 6.07) is 8.23. The van der Waals surface area contributed by atoms with E-state index >= 15 is 0 Å². The van der Waals surface area contributed by atoms with Gasteiger partial charge in [-0.1, -0.05) is 30.3 Å². The van der Waals surface area contributed by atoms with Crippen molar-refractivity contribution >= 4 is 0 Å². The Labute approximate surface area is 104 Å². The van der Waals surface area contributed by atoms with E-state index in [1.165, 1.54) is 0 Å². The lowest BCUT2D eigenvalue weighted by Crippen LogP contribution is -2.31. The van der Waals surface area contributed by atoms with Gasteiger partial charge in [-0.2, -0.15) is 13.2 Å². The molecule has 1 aromatic carbocycles. The van der Waals surface area contributed by atoms with Crippen LogP contribution in [0.5, 0.6) is 0 Å². The Morgan fingerprint density at radius 1 is 1.00 bits per heavy atom. The monoisotopic (exact) mass is 270 g/mol. The van der Waals surface area contributed by atoms with E-state index in [9.17, 15) is 22.8 Å². The van der Waals surface area contributed by atoms with Crippen LogP contribution in [-0.2, 0) is 12.6 Å². The lowest BCUT2D eigenvalue weighted by molar-refractivity contribution is -0.142. The predicted octanol–water partition coefficient (Wildman–Crippen LogP) is 1.67. The summed E-state index contributed by atoms with van der Waals surface area (Å²) in [5.74, 6) is 0. The van der Waals surface area contributed by atoms with Crippen molar-refractivity contribution in [2.75, 3.05) is 0 Å². The van der Waals surface area contributed by atoms with Crippen molar-refractivity contribution in [3.63, 3.8) is 0 Å². The fourth-order valence-corrected chi connectivity index (χ4v) is 1.72. The molecule has 0 radical (unpaired) electrons. The minimum absolute atomic E-state index is 0.207. The Kier molecular flexibility index (Phi) is 3.28. The summed E-state index contributed by atoms with van der Waals surface area (Å²) >= 11 is 0. The molecule has 0 saturated carbocycles. The van der Waals surface area contributed by atoms with Crippen molar-refractivity contribution in [2.45, 2.75) is 12.6 Å². The van der Waals surface area contributed by atoms with Gasteiger partial charge < -0.3 is 4.98 Å². The molecular formula is C12H9F3N2O2. The van der Waals surface area contributed by atoms with Crippen LogP contribution in [0.3, 0.4) is 0 Å². The smallest absolute Gasteiger partial charge is 0.303 e. The van der Waals surface area contributed by atoms with Crippen molar-refractivity contribution in [2.24, 2.45) is 0 Å². The molecule has 0 aliphatic carbocycles. The number of nitrogens with one attached hydrogen (secondary N) is 2. The molecule has 0 amide bonds. The Balaban J connectivity index is 2.57. The highest BCUT2D eigenvalue weighted by atomic mass is 19.4. The second kappa shape index (κ2) is 4.75. The quantitative estimate of drug-likeness (QED) is 0.871. The van der Waals surface area contributed by atoms with Gasteiger partial charge in [-0.15, -0.1) is 0 Å². The van der Waals surface area contributed by atoms with E-state index in [1.807, 2.05) is 0 Å². The molecule has 0 saturated heterocycles. The summed E-state index contributed by atoms with van der Waals surface area (Å²) in [4.78, 5) is 25.9. The molecule has 1 aromatic heterocycles. The zero-order valence-electron chi connectivity index (χ0n) is 9.54. The first-order valence-corrected chi connectivity index (χ1v) is 5.34. The number of alkyl halides is 3. The van der Waals surface area contributed by atoms with Gasteiger partial charge in [0, 0.05) is 6.42 Å². The van der Waals surface area contributed by atoms with E-state index in [2.05, 4.69) is 0 Å². The molecule has 2 N–H and O–H groups in total. The highest BCUT2D eigenvalue weighted by Crippen LogP contribution is 2.29. The molecule has 19 heavy (non-hydrogen) atoms. The van der Waals surface area contributed by atoms with Crippen molar-refractivity contribution in [3.8, 4) is 0 Å². The Bertz CT molecular complexity index is 687. The SMILES string of the molecule is O=c1[nH]c(C(F)(F)F)c(Cc2ccccc2)c(=O)[nH]1. The van der Waals surface area contributed by atoms with Crippen LogP contribution in [0.1, 0.15) is 16.8 Å². The number of benzene rings is 1. The summed E-state index contributed by atoms with van der Waals surface area (Å²) < 4.78 is 38.4. The maximum atomic E-state index is 12.8. The molecule has 0 atom stereocenters. The van der Waals surface area contributed by atoms with Crippen LogP contribution in [-0.4, -0.2) is 9.97 Å². The first-order chi connectivity index (χ1) is 8.88. The number of hydrogen-bond donors (Lipinski definition) is 2. The number of aromatic nitrogens is 2. The maximum absolute atomic E-state index is 12.8. The van der Waals surface area contributed by atoms with Gasteiger partial charge in [0.15, 0.2) is 0 Å². The molecule has 4 nitrogen and oxygen atoms in total. The molecule has 7 heteroatoms. The van der Waals surface area contributed by atoms with E-state index in [4.69, 9.17) is 0 Å². The standard InChI is InChI=1S/C12H9F3N2O2/c13-12(14,15)9-8(10(18)17-11(19)16-9)6-7-4-2-1-3-5-7/h1-5H,6H2,(H2,16,17,18,19). The molecule has 100 valence electrons. The van der Waals surface area contributed by atoms with Gasteiger partial charge in [0.05, 0.1) is 5.56 Å². The van der Waals surface area contributed by atoms with Gasteiger partial charge in [-0.05, 0) is 5.56 Å². The molecule has 2 aromatic rings. The van der Waals surface area contributed by atoms with E-state index in [0.29, 0.717) is 5.56 Å². The number of hydrogen-bond acceptors (Lipinski definition) is 2. The lowest BCUT2D eigenvalue weighted by atomic mass is 10.0. The Hall–Kier alpha value is -2.31. The van der Waals surface area contributed by atoms with Gasteiger partial charge in [0.2, 0.25) is 0 Å². The van der Waals surface area contributed by atoms with E-state index in [1.54, 1.807) is 40.3 Å². The summed E-state index contributed by atoms with van der Waals surface area (Å²) in [7, 11) is 0. The zero-order valence-corrected chi connectivity index (χ0v) is 9.54. The molecule has 0 fully saturated rings. The third kappa shape index (κ3) is 2.93. The third-order valence-electron chi connectivity index (χ3n) is 2.55. The molecule has 0 spiro atoms. The van der Waals surface area contributed by atoms with Crippen LogP contribution < -0.4 is 11.2 Å². The largest absolute Gasteiger partial charge is 0.431 e. The number of H-pyrrole nitrogens is 2. The van der Waals surface area contributed by atoms with Crippen LogP contribution in [0, 0.1) is 0 Å². The van der Waals surface area contributed by atoms with Crippen LogP contribution in [0.25, 0.3) is 0 Å². The third-order valence-corrected chi connectivity index (χ3v) is 2.55. The van der Waals surface area contributed by atoms with Gasteiger partial charge in [-0.25, -0.2) is 4.79 Å². The number of halogens is 3. The molecule has 1 heterocycles. The fourth-order valence-electron chi connectivity index (χ4n) is 1.72. The van der Waals surface area contributed by atoms with E-state index in [-0.39, 0.29) is 6.42 Å². The second-order valence-corrected chi connectivity index (χ2v) is 3.92. The maximum Gasteiger partial charge on any atom is 0.431 e. The zero-order chi connectivity index (χ0) is 14.0. The highest BCUT2D eigenvalue weighted by molar-refractivity contribution is 5.28. The minimum Gasteiger partial charge on any atom is -0.303 e. The van der Waals surface area contributed by atoms with E-state index in [0.717, 1.165) is 0 Å². The molecule has 2 rings (SSSR count). The predicted molar refractivity (Wildman–Crippen MR) is 61.9 cm³/mol. The van der Waals surface area contributed by atoms with Crippen molar-refractivity contribution < 1.29 is 13.2 Å². The minimum atomic E-state index is -4.78. The molecule has 0 aliphatic heterocycles. The van der Waals surface area contributed by atoms with Gasteiger partial charge in [-0.3, -0.25) is 9.78 Å². The van der Waals surface area contributed by atoms with Gasteiger partial charge in [0.1, 0.15) is 5.69 Å². The van der Waals surface area contributed by atoms with Crippen LogP contribution in [0.4, 0.5) is 13.2 Å². The Morgan fingerprint density at radius 2 is 1.63 bits per heavy atom. The van der Waals surface area contributed by atoms with Crippen molar-refractivity contribution in [1.82, 2.24) is 9.97 Å². The number of rotatable bonds is 2. The van der Waals surface area contributed by atoms with Crippen LogP contribution in [0.2, 0.25) is 0 Å².